The van der Waals surface area contributed by atoms with Gasteiger partial charge in [0.2, 0.25) is 10.0 Å². The molecule has 0 amide bonds. The van der Waals surface area contributed by atoms with Gasteiger partial charge in [0.15, 0.2) is 17.3 Å². The number of aromatic nitrogens is 5. The summed E-state index contributed by atoms with van der Waals surface area (Å²) in [6.45, 7) is 1.85. The van der Waals surface area contributed by atoms with Gasteiger partial charge in [0, 0.05) is 11.8 Å². The highest BCUT2D eigenvalue weighted by Crippen LogP contribution is 2.27. The van der Waals surface area contributed by atoms with E-state index in [0.29, 0.717) is 23.2 Å². The van der Waals surface area contributed by atoms with Gasteiger partial charge in [-0.25, -0.2) is 13.1 Å². The van der Waals surface area contributed by atoms with Gasteiger partial charge in [-0.05, 0) is 31.9 Å². The third kappa shape index (κ3) is 2.70. The number of fused-ring (bicyclic) bond motifs is 1. The van der Waals surface area contributed by atoms with E-state index in [1.165, 1.54) is 0 Å². The summed E-state index contributed by atoms with van der Waals surface area (Å²) in [5, 5.41) is 11.6. The van der Waals surface area contributed by atoms with Gasteiger partial charge in [0.1, 0.15) is 0 Å². The number of hydrogen-bond acceptors (Lipinski definition) is 7. The fraction of sp³-hybridized carbons (Fsp3) is 0.385. The van der Waals surface area contributed by atoms with E-state index >= 15 is 0 Å². The van der Waals surface area contributed by atoms with Crippen LogP contribution < -0.4 is 4.72 Å². The van der Waals surface area contributed by atoms with Crippen LogP contribution in [0, 0.1) is 6.92 Å². The minimum atomic E-state index is -3.24. The average Bonchev–Trinajstić information content (AvgIpc) is 3.19. The molecule has 0 unspecified atom stereocenters. The predicted molar refractivity (Wildman–Crippen MR) is 79.8 cm³/mol. The van der Waals surface area contributed by atoms with E-state index in [-0.39, 0.29) is 11.8 Å². The quantitative estimate of drug-likeness (QED) is 0.729. The van der Waals surface area contributed by atoms with Crippen molar-refractivity contribution in [1.82, 2.24) is 29.5 Å². The Morgan fingerprint density at radius 3 is 2.91 bits per heavy atom. The number of aryl methyl sites for hydroxylation is 1. The summed E-state index contributed by atoms with van der Waals surface area (Å²) in [7, 11) is -3.24. The Kier molecular flexibility index (Phi) is 3.16. The zero-order valence-corrected chi connectivity index (χ0v) is 13.1. The zero-order chi connectivity index (χ0) is 16.0. The van der Waals surface area contributed by atoms with Crippen molar-refractivity contribution < 1.29 is 12.9 Å². The molecule has 9 nitrogen and oxygen atoms in total. The summed E-state index contributed by atoms with van der Waals surface area (Å²) in [6.07, 6.45) is 3.21. The first kappa shape index (κ1) is 14.3. The first-order valence-electron chi connectivity index (χ1n) is 7.16. The van der Waals surface area contributed by atoms with Crippen LogP contribution in [0.25, 0.3) is 17.1 Å². The molecule has 0 spiro atoms. The highest BCUT2D eigenvalue weighted by atomic mass is 32.2. The maximum absolute atomic E-state index is 11.9. The van der Waals surface area contributed by atoms with E-state index in [1.54, 1.807) is 29.7 Å². The summed E-state index contributed by atoms with van der Waals surface area (Å²) in [6, 6.07) is 3.56. The normalized spacial score (nSPS) is 15.3. The molecular weight excluding hydrogens is 320 g/mol. The molecule has 1 aliphatic rings. The summed E-state index contributed by atoms with van der Waals surface area (Å²) >= 11 is 0. The summed E-state index contributed by atoms with van der Waals surface area (Å²) in [4.78, 5) is 4.16. The van der Waals surface area contributed by atoms with E-state index < -0.39 is 10.0 Å². The molecule has 3 heterocycles. The molecule has 0 aliphatic heterocycles. The first-order valence-corrected chi connectivity index (χ1v) is 8.70. The molecule has 1 aliphatic carbocycles. The van der Waals surface area contributed by atoms with Crippen molar-refractivity contribution >= 4 is 15.7 Å². The maximum atomic E-state index is 11.9. The van der Waals surface area contributed by atoms with Crippen LogP contribution in [0.1, 0.15) is 24.5 Å². The predicted octanol–water partition coefficient (Wildman–Crippen LogP) is 0.670. The zero-order valence-electron chi connectivity index (χ0n) is 12.3. The molecule has 0 saturated heterocycles. The Labute approximate surface area is 131 Å². The van der Waals surface area contributed by atoms with Crippen LogP contribution >= 0.6 is 0 Å². The number of sulfonamides is 1. The molecule has 10 heteroatoms. The van der Waals surface area contributed by atoms with Crippen molar-refractivity contribution in [3.8, 4) is 11.5 Å². The van der Waals surface area contributed by atoms with E-state index in [0.717, 1.165) is 18.4 Å². The van der Waals surface area contributed by atoms with Gasteiger partial charge in [0.25, 0.3) is 5.89 Å². The molecule has 0 bridgehead atoms. The molecule has 3 aromatic heterocycles. The highest BCUT2D eigenvalue weighted by Gasteiger charge is 2.35. The minimum Gasteiger partial charge on any atom is -0.334 e. The van der Waals surface area contributed by atoms with Crippen molar-refractivity contribution in [3.63, 3.8) is 0 Å². The maximum Gasteiger partial charge on any atom is 0.258 e. The smallest absolute Gasteiger partial charge is 0.258 e. The number of hydrogen-bond donors (Lipinski definition) is 1. The molecule has 120 valence electrons. The van der Waals surface area contributed by atoms with E-state index in [4.69, 9.17) is 4.52 Å². The standard InChI is InChI=1S/C13H14N6O3S/c1-8-15-13(22-18-8)9-4-5-19-11(6-9)16-17-12(19)7-14-23(20,21)10-2-3-10/h4-6,10,14H,2-3,7H2,1H3. The van der Waals surface area contributed by atoms with Crippen molar-refractivity contribution in [2.45, 2.75) is 31.6 Å². The molecule has 4 rings (SSSR count). The Balaban J connectivity index is 1.60. The summed E-state index contributed by atoms with van der Waals surface area (Å²) < 4.78 is 33.2. The molecule has 1 fully saturated rings. The molecule has 1 saturated carbocycles. The lowest BCUT2D eigenvalue weighted by Crippen LogP contribution is -2.27. The molecule has 0 radical (unpaired) electrons. The lowest BCUT2D eigenvalue weighted by Gasteiger charge is -2.04. The summed E-state index contributed by atoms with van der Waals surface area (Å²) in [5.74, 6) is 1.48. The van der Waals surface area contributed by atoms with E-state index in [9.17, 15) is 8.42 Å². The Morgan fingerprint density at radius 1 is 1.39 bits per heavy atom. The molecule has 1 N–H and O–H groups in total. The lowest BCUT2D eigenvalue weighted by molar-refractivity contribution is 0.425. The molecule has 0 atom stereocenters. The van der Waals surface area contributed by atoms with Gasteiger partial charge in [-0.1, -0.05) is 5.16 Å². The van der Waals surface area contributed by atoms with E-state index in [2.05, 4.69) is 25.1 Å². The van der Waals surface area contributed by atoms with E-state index in [1.807, 2.05) is 0 Å². The van der Waals surface area contributed by atoms with Gasteiger partial charge >= 0.3 is 0 Å². The van der Waals surface area contributed by atoms with Crippen LogP contribution in [0.4, 0.5) is 0 Å². The molecule has 23 heavy (non-hydrogen) atoms. The van der Waals surface area contributed by atoms with Gasteiger partial charge in [-0.15, -0.1) is 10.2 Å². The molecule has 0 aromatic carbocycles. The average molecular weight is 334 g/mol. The largest absolute Gasteiger partial charge is 0.334 e. The third-order valence-corrected chi connectivity index (χ3v) is 5.55. The Bertz CT molecular complexity index is 973. The topological polar surface area (TPSA) is 115 Å². The molecular formula is C13H14N6O3S. The molecule has 3 aromatic rings. The second kappa shape index (κ2) is 5.10. The number of nitrogens with zero attached hydrogens (tertiary/aromatic N) is 5. The van der Waals surface area contributed by atoms with Crippen molar-refractivity contribution in [1.29, 1.82) is 0 Å². The van der Waals surface area contributed by atoms with Crippen LogP contribution in [-0.4, -0.2) is 38.4 Å². The first-order chi connectivity index (χ1) is 11.0. The lowest BCUT2D eigenvalue weighted by atomic mass is 10.2. The van der Waals surface area contributed by atoms with Gasteiger partial charge < -0.3 is 4.52 Å². The monoisotopic (exact) mass is 334 g/mol. The third-order valence-electron chi connectivity index (χ3n) is 3.65. The Hall–Kier alpha value is -2.33. The van der Waals surface area contributed by atoms with Crippen molar-refractivity contribution in [2.24, 2.45) is 0 Å². The van der Waals surface area contributed by atoms with Crippen LogP contribution in [0.5, 0.6) is 0 Å². The van der Waals surface area contributed by atoms with Crippen LogP contribution in [0.3, 0.4) is 0 Å². The van der Waals surface area contributed by atoms with Gasteiger partial charge in [-0.2, -0.15) is 4.98 Å². The fourth-order valence-corrected chi connectivity index (χ4v) is 3.59. The van der Waals surface area contributed by atoms with Gasteiger partial charge in [0.05, 0.1) is 11.8 Å². The van der Waals surface area contributed by atoms with Crippen molar-refractivity contribution in [2.75, 3.05) is 0 Å². The SMILES string of the molecule is Cc1noc(-c2ccn3c(CNS(=O)(=O)C4CC4)nnc3c2)n1. The second-order valence-corrected chi connectivity index (χ2v) is 7.52. The Morgan fingerprint density at radius 2 is 2.22 bits per heavy atom. The second-order valence-electron chi connectivity index (χ2n) is 5.47. The number of pyridine rings is 1. The minimum absolute atomic E-state index is 0.110. The van der Waals surface area contributed by atoms with Crippen LogP contribution in [0.2, 0.25) is 0 Å². The highest BCUT2D eigenvalue weighted by molar-refractivity contribution is 7.90. The summed E-state index contributed by atoms with van der Waals surface area (Å²) in [5.41, 5.74) is 1.31. The van der Waals surface area contributed by atoms with Crippen molar-refractivity contribution in [3.05, 3.63) is 30.0 Å². The van der Waals surface area contributed by atoms with Gasteiger partial charge in [-0.3, -0.25) is 4.40 Å². The van der Waals surface area contributed by atoms with Crippen LogP contribution in [0.15, 0.2) is 22.9 Å². The number of nitrogens with one attached hydrogen (secondary N) is 1. The van der Waals surface area contributed by atoms with Crippen LogP contribution in [-0.2, 0) is 16.6 Å². The fourth-order valence-electron chi connectivity index (χ4n) is 2.27. The number of rotatable bonds is 5.